The molecule has 0 radical (unpaired) electrons. The number of hydrogen-bond acceptors (Lipinski definition) is 6. The molecule has 0 aromatic carbocycles. The highest BCUT2D eigenvalue weighted by atomic mass is 32.1. The summed E-state index contributed by atoms with van der Waals surface area (Å²) in [6, 6.07) is -0.270. The molecule has 0 unspecified atom stereocenters. The number of hydrogen-bond donors (Lipinski definition) is 2. The van der Waals surface area contributed by atoms with Gasteiger partial charge in [-0.2, -0.15) is 0 Å². The Morgan fingerprint density at radius 2 is 2.33 bits per heavy atom. The first-order valence-corrected chi connectivity index (χ1v) is 8.27. The topological polar surface area (TPSA) is 84.2 Å². The third kappa shape index (κ3) is 2.61. The zero-order chi connectivity index (χ0) is 14.2. The van der Waals surface area contributed by atoms with Gasteiger partial charge >= 0.3 is 6.03 Å². The van der Waals surface area contributed by atoms with Crippen molar-refractivity contribution in [3.05, 3.63) is 28.5 Å². The second-order valence-electron chi connectivity index (χ2n) is 4.83. The second kappa shape index (κ2) is 5.08. The van der Waals surface area contributed by atoms with Crippen LogP contribution in [0.15, 0.2) is 17.8 Å². The summed E-state index contributed by atoms with van der Waals surface area (Å²) in [4.78, 5) is 17.0. The molecule has 1 fully saturated rings. The Labute approximate surface area is 128 Å². The van der Waals surface area contributed by atoms with Gasteiger partial charge in [-0.25, -0.2) is 9.78 Å². The first-order valence-electron chi connectivity index (χ1n) is 6.57. The molecule has 7 nitrogen and oxygen atoms in total. The molecule has 0 spiro atoms. The van der Waals surface area contributed by atoms with E-state index in [1.807, 2.05) is 16.0 Å². The maximum atomic E-state index is 11.9. The summed E-state index contributed by atoms with van der Waals surface area (Å²) in [5.41, 5.74) is 0.999. The third-order valence-corrected chi connectivity index (χ3v) is 5.14. The van der Waals surface area contributed by atoms with E-state index in [0.29, 0.717) is 17.6 Å². The number of amides is 2. The van der Waals surface area contributed by atoms with Crippen LogP contribution in [0.5, 0.6) is 0 Å². The van der Waals surface area contributed by atoms with Gasteiger partial charge in [-0.05, 0) is 12.8 Å². The van der Waals surface area contributed by atoms with Crippen molar-refractivity contribution in [2.45, 2.75) is 25.3 Å². The predicted octanol–water partition coefficient (Wildman–Crippen LogP) is 2.45. The van der Waals surface area contributed by atoms with Crippen LogP contribution in [-0.2, 0) is 6.54 Å². The van der Waals surface area contributed by atoms with E-state index < -0.39 is 0 Å². The summed E-state index contributed by atoms with van der Waals surface area (Å²) >= 11 is 3.00. The van der Waals surface area contributed by atoms with Crippen LogP contribution >= 0.6 is 22.7 Å². The van der Waals surface area contributed by atoms with E-state index in [0.717, 1.165) is 15.7 Å². The minimum Gasteiger partial charge on any atom is -0.332 e. The monoisotopic (exact) mass is 320 g/mol. The maximum absolute atomic E-state index is 11.9. The summed E-state index contributed by atoms with van der Waals surface area (Å²) in [6.07, 6.45) is 5.99. The van der Waals surface area contributed by atoms with Crippen LogP contribution in [0.3, 0.4) is 0 Å². The van der Waals surface area contributed by atoms with Crippen molar-refractivity contribution in [2.24, 2.45) is 0 Å². The van der Waals surface area contributed by atoms with Crippen molar-refractivity contribution in [1.29, 1.82) is 0 Å². The number of urea groups is 1. The maximum Gasteiger partial charge on any atom is 0.321 e. The van der Waals surface area contributed by atoms with Crippen LogP contribution in [0, 0.1) is 0 Å². The van der Waals surface area contributed by atoms with Crippen LogP contribution in [0.25, 0.3) is 4.96 Å². The molecular weight excluding hydrogens is 308 g/mol. The summed E-state index contributed by atoms with van der Waals surface area (Å²) in [5.74, 6) is 0.557. The molecule has 21 heavy (non-hydrogen) atoms. The molecule has 3 aromatic rings. The van der Waals surface area contributed by atoms with Crippen molar-refractivity contribution < 1.29 is 4.79 Å². The van der Waals surface area contributed by atoms with Crippen molar-refractivity contribution in [3.8, 4) is 0 Å². The lowest BCUT2D eigenvalue weighted by Crippen LogP contribution is -2.28. The molecule has 4 rings (SSSR count). The van der Waals surface area contributed by atoms with Crippen LogP contribution in [0.2, 0.25) is 0 Å². The highest BCUT2D eigenvalue weighted by molar-refractivity contribution is 7.15. The standard InChI is InChI=1S/C12H12N6OS2/c19-10(15-11-17-16-9(21-11)7-1-2-7)14-5-8-6-20-12-13-3-4-18(8)12/h3-4,6-7H,1-2,5H2,(H2,14,15,17,19). The number of carbonyl (C=O) groups excluding carboxylic acids is 1. The third-order valence-electron chi connectivity index (χ3n) is 3.23. The highest BCUT2D eigenvalue weighted by Crippen LogP contribution is 2.41. The summed E-state index contributed by atoms with van der Waals surface area (Å²) < 4.78 is 1.96. The number of nitrogens with zero attached hydrogens (tertiary/aromatic N) is 4. The number of nitrogens with one attached hydrogen (secondary N) is 2. The fourth-order valence-corrected chi connectivity index (χ4v) is 3.75. The zero-order valence-electron chi connectivity index (χ0n) is 10.9. The van der Waals surface area contributed by atoms with Crippen LogP contribution < -0.4 is 10.6 Å². The normalized spacial score (nSPS) is 14.5. The van der Waals surface area contributed by atoms with E-state index in [2.05, 4.69) is 25.8 Å². The predicted molar refractivity (Wildman–Crippen MR) is 80.8 cm³/mol. The molecule has 0 aliphatic heterocycles. The van der Waals surface area contributed by atoms with E-state index >= 15 is 0 Å². The molecule has 3 aromatic heterocycles. The van der Waals surface area contributed by atoms with Gasteiger partial charge in [0.15, 0.2) is 4.96 Å². The van der Waals surface area contributed by atoms with Gasteiger partial charge in [-0.15, -0.1) is 21.5 Å². The van der Waals surface area contributed by atoms with Crippen molar-refractivity contribution in [1.82, 2.24) is 24.9 Å². The van der Waals surface area contributed by atoms with Gasteiger partial charge in [-0.1, -0.05) is 11.3 Å². The van der Waals surface area contributed by atoms with Crippen molar-refractivity contribution in [2.75, 3.05) is 5.32 Å². The summed E-state index contributed by atoms with van der Waals surface area (Å²) in [7, 11) is 0. The molecule has 9 heteroatoms. The number of anilines is 1. The number of imidazole rings is 1. The molecular formula is C12H12N6OS2. The van der Waals surface area contributed by atoms with Crippen LogP contribution in [-0.4, -0.2) is 25.6 Å². The van der Waals surface area contributed by atoms with Crippen LogP contribution in [0.4, 0.5) is 9.93 Å². The molecule has 1 saturated carbocycles. The van der Waals surface area contributed by atoms with E-state index in [1.54, 1.807) is 17.5 Å². The van der Waals surface area contributed by atoms with Gasteiger partial charge < -0.3 is 5.32 Å². The SMILES string of the molecule is O=C(NCc1csc2nccn12)Nc1nnc(C2CC2)s1. The number of thiazole rings is 1. The Morgan fingerprint density at radius 3 is 3.19 bits per heavy atom. The lowest BCUT2D eigenvalue weighted by molar-refractivity contribution is 0.251. The van der Waals surface area contributed by atoms with Gasteiger partial charge in [0.1, 0.15) is 5.01 Å². The Hall–Kier alpha value is -2.00. The fourth-order valence-electron chi connectivity index (χ4n) is 1.99. The van der Waals surface area contributed by atoms with Gasteiger partial charge in [0.05, 0.1) is 12.2 Å². The number of fused-ring (bicyclic) bond motifs is 1. The lowest BCUT2D eigenvalue weighted by Gasteiger charge is -2.04. The minimum atomic E-state index is -0.270. The highest BCUT2D eigenvalue weighted by Gasteiger charge is 2.27. The zero-order valence-corrected chi connectivity index (χ0v) is 12.6. The number of aromatic nitrogens is 4. The van der Waals surface area contributed by atoms with Gasteiger partial charge in [0.2, 0.25) is 5.13 Å². The Balaban J connectivity index is 1.36. The number of carbonyl (C=O) groups is 1. The lowest BCUT2D eigenvalue weighted by atomic mass is 10.5. The fraction of sp³-hybridized carbons (Fsp3) is 0.333. The quantitative estimate of drug-likeness (QED) is 0.773. The minimum absolute atomic E-state index is 0.270. The van der Waals surface area contributed by atoms with Crippen LogP contribution in [0.1, 0.15) is 29.5 Å². The largest absolute Gasteiger partial charge is 0.332 e. The first kappa shape index (κ1) is 12.7. The van der Waals surface area contributed by atoms with Gasteiger partial charge in [0, 0.05) is 23.7 Å². The van der Waals surface area contributed by atoms with Gasteiger partial charge in [-0.3, -0.25) is 9.72 Å². The molecule has 108 valence electrons. The molecule has 0 saturated heterocycles. The Bertz CT molecular complexity index is 786. The molecule has 0 atom stereocenters. The van der Waals surface area contributed by atoms with E-state index in [1.165, 1.54) is 24.2 Å². The molecule has 1 aliphatic carbocycles. The summed E-state index contributed by atoms with van der Waals surface area (Å²) in [6.45, 7) is 0.441. The van der Waals surface area contributed by atoms with Crippen molar-refractivity contribution >= 4 is 38.8 Å². The molecule has 2 amide bonds. The summed E-state index contributed by atoms with van der Waals surface area (Å²) in [5, 5.41) is 17.2. The van der Waals surface area contributed by atoms with Gasteiger partial charge in [0.25, 0.3) is 0 Å². The van der Waals surface area contributed by atoms with E-state index in [9.17, 15) is 4.79 Å². The molecule has 1 aliphatic rings. The Morgan fingerprint density at radius 1 is 1.43 bits per heavy atom. The second-order valence-corrected chi connectivity index (χ2v) is 6.68. The Kier molecular flexibility index (Phi) is 3.08. The van der Waals surface area contributed by atoms with Crippen molar-refractivity contribution in [3.63, 3.8) is 0 Å². The first-order chi connectivity index (χ1) is 10.3. The number of rotatable bonds is 4. The van der Waals surface area contributed by atoms with E-state index in [-0.39, 0.29) is 6.03 Å². The molecule has 0 bridgehead atoms. The average Bonchev–Trinajstić information content (AvgIpc) is 2.88. The molecule has 3 heterocycles. The molecule has 2 N–H and O–H groups in total. The average molecular weight is 320 g/mol. The smallest absolute Gasteiger partial charge is 0.321 e. The van der Waals surface area contributed by atoms with E-state index in [4.69, 9.17) is 0 Å².